The summed E-state index contributed by atoms with van der Waals surface area (Å²) in [6, 6.07) is 25.0. The van der Waals surface area contributed by atoms with E-state index in [4.69, 9.17) is 20.0 Å². The normalized spacial score (nSPS) is 15.8. The van der Waals surface area contributed by atoms with Crippen LogP contribution < -0.4 is 10.7 Å². The third-order valence-corrected chi connectivity index (χ3v) is 8.60. The minimum Gasteiger partial charge on any atom is -0.355 e. The first-order valence-corrected chi connectivity index (χ1v) is 15.8. The fourth-order valence-corrected chi connectivity index (χ4v) is 6.46. The molecule has 0 saturated carbocycles. The fraction of sp³-hybridized carbons (Fsp3) is 0. The van der Waals surface area contributed by atoms with Crippen molar-refractivity contribution in [3.05, 3.63) is 153 Å². The van der Waals surface area contributed by atoms with E-state index in [0.29, 0.717) is 0 Å². The highest BCUT2D eigenvalue weighted by molar-refractivity contribution is 6.21. The largest absolute Gasteiger partial charge is 0.355 e. The summed E-state index contributed by atoms with van der Waals surface area (Å²) in [6.45, 7) is 0. The van der Waals surface area contributed by atoms with E-state index in [0.717, 1.165) is 101 Å². The monoisotopic (exact) mass is 618 g/mol. The van der Waals surface area contributed by atoms with Gasteiger partial charge in [0.15, 0.2) is 0 Å². The van der Waals surface area contributed by atoms with Gasteiger partial charge in [-0.3, -0.25) is 0 Å². The number of nitrogens with zero attached hydrogens (tertiary/aromatic N) is 4. The van der Waals surface area contributed by atoms with Crippen molar-refractivity contribution in [2.24, 2.45) is 15.0 Å². The van der Waals surface area contributed by atoms with Gasteiger partial charge in [-0.15, -0.1) is 0 Å². The maximum absolute atomic E-state index is 5.20. The van der Waals surface area contributed by atoms with Crippen molar-refractivity contribution in [2.75, 3.05) is 0 Å². The zero-order valence-corrected chi connectivity index (χ0v) is 25.5. The smallest absolute Gasteiger partial charge is 0.0951 e. The SMILES string of the molecule is C1=CC2=NC1=Cc1cc(c(C3=Nc4cc3cc3ccc(cc5nc(cc6ccc(c4)[nH]6)C=C5)[nH]3)[nH]1)C=C1C=CC(=N1)C=c1ccc([nH]1)=C2. The van der Waals surface area contributed by atoms with Gasteiger partial charge in [0.1, 0.15) is 0 Å². The number of hydrogen-bond donors (Lipinski definition) is 4. The molecule has 8 nitrogen and oxygen atoms in total. The third kappa shape index (κ3) is 4.98. The molecule has 5 aliphatic heterocycles. The van der Waals surface area contributed by atoms with Gasteiger partial charge in [0, 0.05) is 49.6 Å². The van der Waals surface area contributed by atoms with Crippen LogP contribution >= 0.6 is 0 Å². The van der Waals surface area contributed by atoms with Gasteiger partial charge in [0.25, 0.3) is 0 Å². The average molecular weight is 619 g/mol. The van der Waals surface area contributed by atoms with Gasteiger partial charge >= 0.3 is 0 Å². The summed E-state index contributed by atoms with van der Waals surface area (Å²) in [5.41, 5.74) is 14.7. The molecule has 0 spiro atoms. The number of aromatic nitrogens is 5. The second kappa shape index (κ2) is 10.4. The Kier molecular flexibility index (Phi) is 5.71. The standard InChI is InChI=1S/C40H26N8/c1-3-27-17-29-5-7-31(43-29)19-33-9-11-35(45-33)21-37-15-23(13-25(1)41-27)39(47-37)40-24-14-26-2-4-28(42-26)18-30-6-8-32(44-30)20-34-10-12-36(46-34)22-38(16-24)48-40/h1-22,41,44-45,48H. The summed E-state index contributed by atoms with van der Waals surface area (Å²) < 4.78 is 0. The number of H-pyrrole nitrogens is 4. The summed E-state index contributed by atoms with van der Waals surface area (Å²) in [5.74, 6) is 0. The molecule has 5 aliphatic rings. The third-order valence-electron chi connectivity index (χ3n) is 8.60. The van der Waals surface area contributed by atoms with E-state index in [1.54, 1.807) is 0 Å². The van der Waals surface area contributed by atoms with E-state index in [1.165, 1.54) is 0 Å². The molecule has 48 heavy (non-hydrogen) atoms. The van der Waals surface area contributed by atoms with Gasteiger partial charge in [-0.05, 0) is 134 Å². The van der Waals surface area contributed by atoms with E-state index in [-0.39, 0.29) is 0 Å². The Morgan fingerprint density at radius 3 is 1.77 bits per heavy atom. The van der Waals surface area contributed by atoms with Crippen LogP contribution in [0.25, 0.3) is 58.5 Å². The van der Waals surface area contributed by atoms with Crippen molar-refractivity contribution >= 4 is 81.3 Å². The lowest BCUT2D eigenvalue weighted by molar-refractivity contribution is 1.28. The highest BCUT2D eigenvalue weighted by Gasteiger charge is 2.20. The number of nitrogens with one attached hydrogen (secondary N) is 4. The molecule has 8 heteroatoms. The molecule has 10 rings (SSSR count). The molecule has 5 aromatic rings. The predicted octanol–water partition coefficient (Wildman–Crippen LogP) is 6.89. The number of fused-ring (bicyclic) bond motifs is 14. The first-order chi connectivity index (χ1) is 23.6. The lowest BCUT2D eigenvalue weighted by Crippen LogP contribution is -2.12. The van der Waals surface area contributed by atoms with Gasteiger partial charge in [-0.2, -0.15) is 0 Å². The summed E-state index contributed by atoms with van der Waals surface area (Å²) >= 11 is 0. The Balaban J connectivity index is 1.18. The zero-order valence-electron chi connectivity index (χ0n) is 25.5. The first kappa shape index (κ1) is 26.4. The molecule has 0 aromatic carbocycles. The van der Waals surface area contributed by atoms with Gasteiger partial charge in [0.05, 0.1) is 51.3 Å². The summed E-state index contributed by atoms with van der Waals surface area (Å²) in [4.78, 5) is 33.9. The first-order valence-electron chi connectivity index (χ1n) is 15.8. The quantitative estimate of drug-likeness (QED) is 0.158. The second-order valence-electron chi connectivity index (χ2n) is 12.2. The Bertz CT molecular complexity index is 2770. The molecule has 16 bridgehead atoms. The van der Waals surface area contributed by atoms with Gasteiger partial charge in [-0.25, -0.2) is 20.0 Å². The second-order valence-corrected chi connectivity index (χ2v) is 12.2. The lowest BCUT2D eigenvalue weighted by atomic mass is 10.1. The van der Waals surface area contributed by atoms with E-state index in [9.17, 15) is 0 Å². The van der Waals surface area contributed by atoms with Gasteiger partial charge < -0.3 is 19.9 Å². The molecule has 0 radical (unpaired) electrons. The molecule has 226 valence electrons. The minimum absolute atomic E-state index is 0.844. The maximum atomic E-state index is 5.20. The number of allylic oxidation sites excluding steroid dienone is 4. The highest BCUT2D eigenvalue weighted by atomic mass is 14.9. The average Bonchev–Trinajstić information content (AvgIpc) is 3.89. The van der Waals surface area contributed by atoms with E-state index in [1.807, 2.05) is 48.6 Å². The molecule has 0 amide bonds. The van der Waals surface area contributed by atoms with Crippen LogP contribution in [0.5, 0.6) is 0 Å². The predicted molar refractivity (Wildman–Crippen MR) is 196 cm³/mol. The Morgan fingerprint density at radius 1 is 0.458 bits per heavy atom. The molecular formula is C40H26N8. The van der Waals surface area contributed by atoms with Gasteiger partial charge in [-0.1, -0.05) is 0 Å². The van der Waals surface area contributed by atoms with Crippen LogP contribution in [0.15, 0.2) is 123 Å². The molecule has 10 heterocycles. The molecule has 0 saturated heterocycles. The van der Waals surface area contributed by atoms with Gasteiger partial charge in [0.2, 0.25) is 0 Å². The van der Waals surface area contributed by atoms with Crippen molar-refractivity contribution in [2.45, 2.75) is 0 Å². The molecule has 0 aliphatic carbocycles. The fourth-order valence-electron chi connectivity index (χ4n) is 6.46. The Morgan fingerprint density at radius 2 is 1.08 bits per heavy atom. The molecule has 0 fully saturated rings. The number of hydrogen-bond acceptors (Lipinski definition) is 4. The minimum atomic E-state index is 0.844. The van der Waals surface area contributed by atoms with Crippen molar-refractivity contribution in [3.8, 4) is 0 Å². The molecule has 4 N–H and O–H groups in total. The van der Waals surface area contributed by atoms with Crippen molar-refractivity contribution in [1.82, 2.24) is 24.9 Å². The zero-order chi connectivity index (χ0) is 31.6. The number of aliphatic imine (C=N–C) groups is 3. The van der Waals surface area contributed by atoms with Crippen molar-refractivity contribution < 1.29 is 0 Å². The summed E-state index contributed by atoms with van der Waals surface area (Å²) in [6.07, 6.45) is 20.5. The van der Waals surface area contributed by atoms with Crippen LogP contribution in [0, 0.1) is 0 Å². The van der Waals surface area contributed by atoms with E-state index in [2.05, 4.69) is 105 Å². The van der Waals surface area contributed by atoms with Crippen LogP contribution in [-0.4, -0.2) is 42.1 Å². The van der Waals surface area contributed by atoms with Crippen LogP contribution in [0.2, 0.25) is 0 Å². The molecule has 0 atom stereocenters. The number of aromatic amines is 4. The van der Waals surface area contributed by atoms with Crippen molar-refractivity contribution in [3.63, 3.8) is 0 Å². The maximum Gasteiger partial charge on any atom is 0.0951 e. The summed E-state index contributed by atoms with van der Waals surface area (Å²) in [5, 5.41) is 1.98. The Hall–Kier alpha value is -6.80. The lowest BCUT2D eigenvalue weighted by Gasteiger charge is -2.02. The van der Waals surface area contributed by atoms with E-state index < -0.39 is 0 Å². The van der Waals surface area contributed by atoms with Crippen molar-refractivity contribution in [1.29, 1.82) is 0 Å². The Labute approximate surface area is 273 Å². The van der Waals surface area contributed by atoms with Crippen LogP contribution in [0.4, 0.5) is 5.69 Å². The molecule has 5 aromatic heterocycles. The van der Waals surface area contributed by atoms with E-state index >= 15 is 0 Å². The van der Waals surface area contributed by atoms with Crippen LogP contribution in [-0.2, 0) is 0 Å². The topological polar surface area (TPSA) is 113 Å². The molecule has 0 unspecified atom stereocenters. The van der Waals surface area contributed by atoms with Crippen LogP contribution in [0.3, 0.4) is 0 Å². The number of rotatable bonds is 1. The molecular weight excluding hydrogens is 592 g/mol. The van der Waals surface area contributed by atoms with Crippen LogP contribution in [0.1, 0.15) is 33.9 Å². The highest BCUT2D eigenvalue weighted by Crippen LogP contribution is 2.30. The summed E-state index contributed by atoms with van der Waals surface area (Å²) in [7, 11) is 0.